The highest BCUT2D eigenvalue weighted by molar-refractivity contribution is 7.11. The van der Waals surface area contributed by atoms with Crippen LogP contribution in [0.15, 0.2) is 17.5 Å². The quantitative estimate of drug-likeness (QED) is 0.695. The maximum absolute atomic E-state index is 10.4. The summed E-state index contributed by atoms with van der Waals surface area (Å²) < 4.78 is 0. The Morgan fingerprint density at radius 1 is 1.64 bits per heavy atom. The summed E-state index contributed by atoms with van der Waals surface area (Å²) in [6.45, 7) is 0.00808. The monoisotopic (exact) mass is 168 g/mol. The van der Waals surface area contributed by atoms with E-state index in [1.54, 1.807) is 12.2 Å². The van der Waals surface area contributed by atoms with Gasteiger partial charge in [-0.3, -0.25) is 4.79 Å². The fourth-order valence-corrected chi connectivity index (χ4v) is 1.43. The minimum absolute atomic E-state index is 0.00808. The standard InChI is InChI=1S/C8H8O2S/c9-4-1-2-7-3-5-11-8(7)6-10/h1-3,5-6,9H,4H2. The largest absolute Gasteiger partial charge is 0.392 e. The summed E-state index contributed by atoms with van der Waals surface area (Å²) in [4.78, 5) is 11.1. The predicted octanol–water partition coefficient (Wildman–Crippen LogP) is 1.57. The van der Waals surface area contributed by atoms with Crippen LogP contribution in [0.2, 0.25) is 0 Å². The molecule has 0 aliphatic rings. The van der Waals surface area contributed by atoms with Crippen LogP contribution in [0.4, 0.5) is 0 Å². The van der Waals surface area contributed by atoms with Crippen LogP contribution < -0.4 is 0 Å². The van der Waals surface area contributed by atoms with Gasteiger partial charge in [-0.25, -0.2) is 0 Å². The Morgan fingerprint density at radius 3 is 3.09 bits per heavy atom. The van der Waals surface area contributed by atoms with Gasteiger partial charge in [-0.2, -0.15) is 0 Å². The van der Waals surface area contributed by atoms with Crippen molar-refractivity contribution < 1.29 is 9.90 Å². The zero-order chi connectivity index (χ0) is 8.10. The van der Waals surface area contributed by atoms with E-state index in [0.717, 1.165) is 11.8 Å². The van der Waals surface area contributed by atoms with Crippen molar-refractivity contribution in [3.8, 4) is 0 Å². The van der Waals surface area contributed by atoms with Crippen LogP contribution in [0.3, 0.4) is 0 Å². The summed E-state index contributed by atoms with van der Waals surface area (Å²) in [7, 11) is 0. The van der Waals surface area contributed by atoms with Crippen molar-refractivity contribution in [1.29, 1.82) is 0 Å². The van der Waals surface area contributed by atoms with Gasteiger partial charge in [0.2, 0.25) is 0 Å². The van der Waals surface area contributed by atoms with E-state index in [2.05, 4.69) is 0 Å². The third kappa shape index (κ3) is 2.00. The second-order valence-corrected chi connectivity index (χ2v) is 2.89. The molecule has 0 amide bonds. The van der Waals surface area contributed by atoms with Gasteiger partial charge in [0.1, 0.15) is 0 Å². The van der Waals surface area contributed by atoms with Gasteiger partial charge in [0.15, 0.2) is 6.29 Å². The fraction of sp³-hybridized carbons (Fsp3) is 0.125. The van der Waals surface area contributed by atoms with Crippen molar-refractivity contribution in [2.24, 2.45) is 0 Å². The lowest BCUT2D eigenvalue weighted by Gasteiger charge is -1.85. The SMILES string of the molecule is O=Cc1sccc1C=CCO. The number of carbonyl (C=O) groups is 1. The third-order valence-corrected chi connectivity index (χ3v) is 2.10. The summed E-state index contributed by atoms with van der Waals surface area (Å²) >= 11 is 1.40. The van der Waals surface area contributed by atoms with Crippen molar-refractivity contribution in [2.45, 2.75) is 0 Å². The Morgan fingerprint density at radius 2 is 2.45 bits per heavy atom. The van der Waals surface area contributed by atoms with Crippen LogP contribution in [-0.2, 0) is 0 Å². The Labute approximate surface area is 68.8 Å². The number of aliphatic hydroxyl groups is 1. The molecule has 0 radical (unpaired) electrons. The Hall–Kier alpha value is -0.930. The third-order valence-electron chi connectivity index (χ3n) is 1.24. The Kier molecular flexibility index (Phi) is 3.01. The zero-order valence-corrected chi connectivity index (χ0v) is 6.67. The van der Waals surface area contributed by atoms with E-state index >= 15 is 0 Å². The molecule has 3 heteroatoms. The van der Waals surface area contributed by atoms with Crippen LogP contribution >= 0.6 is 11.3 Å². The van der Waals surface area contributed by atoms with Gasteiger partial charge in [-0.15, -0.1) is 11.3 Å². The van der Waals surface area contributed by atoms with Gasteiger partial charge in [-0.05, 0) is 17.0 Å². The van der Waals surface area contributed by atoms with E-state index in [0.29, 0.717) is 4.88 Å². The average Bonchev–Trinajstić information content (AvgIpc) is 2.47. The molecule has 0 spiro atoms. The first-order valence-electron chi connectivity index (χ1n) is 3.18. The van der Waals surface area contributed by atoms with Crippen molar-refractivity contribution >= 4 is 23.7 Å². The molecular weight excluding hydrogens is 160 g/mol. The number of aliphatic hydroxyl groups excluding tert-OH is 1. The van der Waals surface area contributed by atoms with Gasteiger partial charge in [0.25, 0.3) is 0 Å². The highest BCUT2D eigenvalue weighted by atomic mass is 32.1. The minimum Gasteiger partial charge on any atom is -0.392 e. The van der Waals surface area contributed by atoms with Crippen LogP contribution in [0, 0.1) is 0 Å². The second kappa shape index (κ2) is 4.05. The number of carbonyl (C=O) groups excluding carboxylic acids is 1. The highest BCUT2D eigenvalue weighted by Gasteiger charge is 1.96. The number of hydrogen-bond acceptors (Lipinski definition) is 3. The van der Waals surface area contributed by atoms with Crippen molar-refractivity contribution in [1.82, 2.24) is 0 Å². The molecule has 1 aromatic rings. The van der Waals surface area contributed by atoms with Gasteiger partial charge < -0.3 is 5.11 Å². The highest BCUT2D eigenvalue weighted by Crippen LogP contribution is 2.15. The molecule has 0 saturated carbocycles. The van der Waals surface area contributed by atoms with Gasteiger partial charge in [-0.1, -0.05) is 12.2 Å². The van der Waals surface area contributed by atoms with E-state index in [1.807, 2.05) is 11.4 Å². The molecule has 1 aromatic heterocycles. The first kappa shape index (κ1) is 8.17. The van der Waals surface area contributed by atoms with Crippen LogP contribution in [0.1, 0.15) is 15.2 Å². The lowest BCUT2D eigenvalue weighted by atomic mass is 10.2. The van der Waals surface area contributed by atoms with Gasteiger partial charge in [0.05, 0.1) is 11.5 Å². The first-order valence-corrected chi connectivity index (χ1v) is 4.06. The Bertz CT molecular complexity index is 263. The van der Waals surface area contributed by atoms with Gasteiger partial charge >= 0.3 is 0 Å². The van der Waals surface area contributed by atoms with E-state index in [-0.39, 0.29) is 6.61 Å². The molecule has 0 aliphatic carbocycles. The number of aldehydes is 1. The lowest BCUT2D eigenvalue weighted by Crippen LogP contribution is -1.76. The number of thiophene rings is 1. The molecule has 0 saturated heterocycles. The fourth-order valence-electron chi connectivity index (χ4n) is 0.744. The molecular formula is C8H8O2S. The molecule has 0 fully saturated rings. The smallest absolute Gasteiger partial charge is 0.160 e. The van der Waals surface area contributed by atoms with Gasteiger partial charge in [0, 0.05) is 0 Å². The van der Waals surface area contributed by atoms with Crippen LogP contribution in [0.5, 0.6) is 0 Å². The van der Waals surface area contributed by atoms with E-state index in [9.17, 15) is 4.79 Å². The summed E-state index contributed by atoms with van der Waals surface area (Å²) in [6.07, 6.45) is 4.16. The molecule has 11 heavy (non-hydrogen) atoms. The molecule has 0 unspecified atom stereocenters. The number of rotatable bonds is 3. The molecule has 2 nitrogen and oxygen atoms in total. The summed E-state index contributed by atoms with van der Waals surface area (Å²) in [5.41, 5.74) is 0.874. The topological polar surface area (TPSA) is 37.3 Å². The van der Waals surface area contributed by atoms with Crippen molar-refractivity contribution in [3.63, 3.8) is 0 Å². The molecule has 0 aromatic carbocycles. The maximum atomic E-state index is 10.4. The van der Waals surface area contributed by atoms with Crippen LogP contribution in [-0.4, -0.2) is 18.0 Å². The molecule has 0 aliphatic heterocycles. The van der Waals surface area contributed by atoms with E-state index in [4.69, 9.17) is 5.11 Å². The summed E-state index contributed by atoms with van der Waals surface area (Å²) in [5.74, 6) is 0. The van der Waals surface area contributed by atoms with Crippen molar-refractivity contribution in [2.75, 3.05) is 6.61 Å². The number of hydrogen-bond donors (Lipinski definition) is 1. The molecule has 1 N–H and O–H groups in total. The Balaban J connectivity index is 2.84. The van der Waals surface area contributed by atoms with Crippen molar-refractivity contribution in [3.05, 3.63) is 28.0 Å². The van der Waals surface area contributed by atoms with E-state index < -0.39 is 0 Å². The maximum Gasteiger partial charge on any atom is 0.160 e. The zero-order valence-electron chi connectivity index (χ0n) is 5.86. The minimum atomic E-state index is 0.00808. The first-order chi connectivity index (χ1) is 5.38. The predicted molar refractivity (Wildman–Crippen MR) is 45.8 cm³/mol. The summed E-state index contributed by atoms with van der Waals surface area (Å²) in [6, 6.07) is 1.85. The summed E-state index contributed by atoms with van der Waals surface area (Å²) in [5, 5.41) is 10.3. The molecule has 0 atom stereocenters. The average molecular weight is 168 g/mol. The van der Waals surface area contributed by atoms with E-state index in [1.165, 1.54) is 11.3 Å². The molecule has 58 valence electrons. The second-order valence-electron chi connectivity index (χ2n) is 1.94. The normalized spacial score (nSPS) is 10.6. The molecule has 1 rings (SSSR count). The lowest BCUT2D eigenvalue weighted by molar-refractivity contribution is 0.112. The molecule has 1 heterocycles. The van der Waals surface area contributed by atoms with Crippen LogP contribution in [0.25, 0.3) is 6.08 Å². The molecule has 0 bridgehead atoms.